The smallest absolute Gasteiger partial charge is 0.191 e. The van der Waals surface area contributed by atoms with E-state index >= 15 is 0 Å². The van der Waals surface area contributed by atoms with Crippen LogP contribution >= 0.6 is 46.7 Å². The number of guanidine groups is 1. The van der Waals surface area contributed by atoms with Crippen LogP contribution in [0.5, 0.6) is 0 Å². The van der Waals surface area contributed by atoms with Crippen molar-refractivity contribution in [2.45, 2.75) is 39.7 Å². The summed E-state index contributed by atoms with van der Waals surface area (Å²) >= 11 is 3.51. The second kappa shape index (κ2) is 8.98. The van der Waals surface area contributed by atoms with E-state index in [1.54, 1.807) is 18.4 Å². The fraction of sp³-hybridized carbons (Fsp3) is 0.500. The fourth-order valence-electron chi connectivity index (χ4n) is 1.96. The van der Waals surface area contributed by atoms with Gasteiger partial charge in [0.25, 0.3) is 0 Å². The normalized spacial score (nSPS) is 12.0. The number of thiophene rings is 1. The van der Waals surface area contributed by atoms with E-state index < -0.39 is 0 Å². The topological polar surface area (TPSA) is 49.3 Å². The van der Waals surface area contributed by atoms with Crippen LogP contribution < -0.4 is 10.6 Å². The Kier molecular flexibility index (Phi) is 7.96. The molecule has 0 saturated carbocycles. The van der Waals surface area contributed by atoms with Gasteiger partial charge in [0.2, 0.25) is 0 Å². The van der Waals surface area contributed by atoms with Crippen molar-refractivity contribution in [2.24, 2.45) is 4.99 Å². The molecule has 0 unspecified atom stereocenters. The molecule has 2 rings (SSSR count). The van der Waals surface area contributed by atoms with E-state index in [0.717, 1.165) is 29.6 Å². The van der Waals surface area contributed by atoms with Gasteiger partial charge in [-0.15, -0.1) is 46.7 Å². The average molecular weight is 464 g/mol. The highest BCUT2D eigenvalue weighted by Crippen LogP contribution is 2.29. The van der Waals surface area contributed by atoms with Crippen LogP contribution in [0, 0.1) is 6.92 Å². The largest absolute Gasteiger partial charge is 0.356 e. The summed E-state index contributed by atoms with van der Waals surface area (Å²) in [6.07, 6.45) is 0.985. The van der Waals surface area contributed by atoms with Gasteiger partial charge in [0.1, 0.15) is 0 Å². The van der Waals surface area contributed by atoms with E-state index in [1.807, 2.05) is 18.3 Å². The Bertz CT molecular complexity index is 641. The van der Waals surface area contributed by atoms with Gasteiger partial charge in [0.15, 0.2) is 5.96 Å². The maximum absolute atomic E-state index is 4.54. The summed E-state index contributed by atoms with van der Waals surface area (Å²) in [5.41, 5.74) is 1.11. The maximum atomic E-state index is 4.54. The molecule has 0 aliphatic rings. The molecule has 2 aromatic heterocycles. The first-order chi connectivity index (χ1) is 10.4. The number of nitrogens with one attached hydrogen (secondary N) is 2. The van der Waals surface area contributed by atoms with E-state index in [0.29, 0.717) is 0 Å². The molecule has 23 heavy (non-hydrogen) atoms. The van der Waals surface area contributed by atoms with Crippen molar-refractivity contribution in [2.75, 3.05) is 13.6 Å². The summed E-state index contributed by atoms with van der Waals surface area (Å²) in [4.78, 5) is 11.4. The Labute approximate surface area is 163 Å². The molecule has 2 aromatic rings. The van der Waals surface area contributed by atoms with Gasteiger partial charge in [0.05, 0.1) is 15.6 Å². The predicted molar refractivity (Wildman–Crippen MR) is 114 cm³/mol. The van der Waals surface area contributed by atoms with Crippen molar-refractivity contribution in [1.29, 1.82) is 0 Å². The van der Waals surface area contributed by atoms with Crippen molar-refractivity contribution in [3.63, 3.8) is 0 Å². The van der Waals surface area contributed by atoms with E-state index in [9.17, 15) is 0 Å². The van der Waals surface area contributed by atoms with E-state index in [4.69, 9.17) is 0 Å². The zero-order valence-electron chi connectivity index (χ0n) is 14.3. The highest BCUT2D eigenvalue weighted by molar-refractivity contribution is 14.0. The SMILES string of the molecule is CN=C(NCCc1ccc(-c2csc(C)n2)s1)NC(C)(C)C.I. The Balaban J connectivity index is 0.00000264. The van der Waals surface area contributed by atoms with Crippen LogP contribution in [0.15, 0.2) is 22.5 Å². The van der Waals surface area contributed by atoms with Crippen LogP contribution in [0.3, 0.4) is 0 Å². The van der Waals surface area contributed by atoms with Crippen LogP contribution in [0.1, 0.15) is 30.7 Å². The first kappa shape index (κ1) is 20.4. The van der Waals surface area contributed by atoms with Crippen LogP contribution in [-0.4, -0.2) is 30.1 Å². The second-order valence-electron chi connectivity index (χ2n) is 6.14. The Morgan fingerprint density at radius 3 is 2.61 bits per heavy atom. The minimum absolute atomic E-state index is 0. The summed E-state index contributed by atoms with van der Waals surface area (Å²) in [7, 11) is 1.80. The van der Waals surface area contributed by atoms with Gasteiger partial charge in [-0.05, 0) is 46.2 Å². The summed E-state index contributed by atoms with van der Waals surface area (Å²) in [5, 5.41) is 9.96. The zero-order chi connectivity index (χ0) is 16.2. The number of hydrogen-bond donors (Lipinski definition) is 2. The van der Waals surface area contributed by atoms with Gasteiger partial charge in [-0.3, -0.25) is 4.99 Å². The van der Waals surface area contributed by atoms with E-state index in [2.05, 4.69) is 58.9 Å². The molecule has 128 valence electrons. The van der Waals surface area contributed by atoms with Crippen molar-refractivity contribution in [1.82, 2.24) is 15.6 Å². The monoisotopic (exact) mass is 464 g/mol. The lowest BCUT2D eigenvalue weighted by Crippen LogP contribution is -2.47. The summed E-state index contributed by atoms with van der Waals surface area (Å²) in [5.74, 6) is 0.847. The Hall–Kier alpha value is -0.670. The van der Waals surface area contributed by atoms with Gasteiger partial charge in [-0.2, -0.15) is 0 Å². The lowest BCUT2D eigenvalue weighted by atomic mass is 10.1. The predicted octanol–water partition coefficient (Wildman–Crippen LogP) is 4.30. The average Bonchev–Trinajstić information content (AvgIpc) is 3.05. The third-order valence-corrected chi connectivity index (χ3v) is 4.86. The third-order valence-electron chi connectivity index (χ3n) is 2.91. The van der Waals surface area contributed by atoms with Gasteiger partial charge >= 0.3 is 0 Å². The molecule has 4 nitrogen and oxygen atoms in total. The quantitative estimate of drug-likeness (QED) is 0.403. The standard InChI is InChI=1S/C16H24N4S2.HI/c1-11-19-13(10-21-11)14-7-6-12(22-14)8-9-18-15(17-5)20-16(2,3)4;/h6-7,10H,8-9H2,1-5H3,(H2,17,18,20);1H. The number of hydrogen-bond acceptors (Lipinski definition) is 4. The number of aliphatic imine (C=N–C) groups is 1. The first-order valence-corrected chi connectivity index (χ1v) is 9.07. The molecule has 0 atom stereocenters. The highest BCUT2D eigenvalue weighted by atomic mass is 127. The molecule has 0 saturated heterocycles. The van der Waals surface area contributed by atoms with Crippen molar-refractivity contribution < 1.29 is 0 Å². The maximum Gasteiger partial charge on any atom is 0.191 e. The minimum atomic E-state index is 0. The number of aromatic nitrogens is 1. The van der Waals surface area contributed by atoms with Crippen LogP contribution in [0.25, 0.3) is 10.6 Å². The minimum Gasteiger partial charge on any atom is -0.356 e. The van der Waals surface area contributed by atoms with Gasteiger partial charge < -0.3 is 10.6 Å². The van der Waals surface area contributed by atoms with E-state index in [-0.39, 0.29) is 29.5 Å². The number of aryl methyl sites for hydroxylation is 1. The van der Waals surface area contributed by atoms with Gasteiger partial charge in [-0.1, -0.05) is 0 Å². The molecule has 2 N–H and O–H groups in total. The Morgan fingerprint density at radius 2 is 2.04 bits per heavy atom. The molecule has 2 heterocycles. The molecule has 0 amide bonds. The van der Waals surface area contributed by atoms with Crippen molar-refractivity contribution in [3.05, 3.63) is 27.4 Å². The summed E-state index contributed by atoms with van der Waals surface area (Å²) in [6.45, 7) is 9.29. The third kappa shape index (κ3) is 6.76. The van der Waals surface area contributed by atoms with E-state index in [1.165, 1.54) is 9.75 Å². The molecule has 0 aliphatic carbocycles. The molecule has 0 spiro atoms. The first-order valence-electron chi connectivity index (χ1n) is 7.37. The summed E-state index contributed by atoms with van der Waals surface area (Å²) < 4.78 is 0. The zero-order valence-corrected chi connectivity index (χ0v) is 18.2. The number of rotatable bonds is 4. The fourth-order valence-corrected chi connectivity index (χ4v) is 3.62. The lowest BCUT2D eigenvalue weighted by Gasteiger charge is -2.23. The van der Waals surface area contributed by atoms with Crippen LogP contribution in [0.4, 0.5) is 0 Å². The van der Waals surface area contributed by atoms with Gasteiger partial charge in [-0.25, -0.2) is 4.98 Å². The highest BCUT2D eigenvalue weighted by Gasteiger charge is 2.11. The molecular weight excluding hydrogens is 439 g/mol. The van der Waals surface area contributed by atoms with Gasteiger partial charge in [0, 0.05) is 29.4 Å². The molecule has 0 fully saturated rings. The number of thiazole rings is 1. The molecule has 0 radical (unpaired) electrons. The molecule has 0 aliphatic heterocycles. The second-order valence-corrected chi connectivity index (χ2v) is 8.37. The molecular formula is C16H25IN4S2. The number of halogens is 1. The molecule has 0 bridgehead atoms. The van der Waals surface area contributed by atoms with Crippen LogP contribution in [0.2, 0.25) is 0 Å². The van der Waals surface area contributed by atoms with Crippen LogP contribution in [-0.2, 0) is 6.42 Å². The number of nitrogens with zero attached hydrogens (tertiary/aromatic N) is 2. The van der Waals surface area contributed by atoms with Crippen molar-refractivity contribution >= 4 is 52.6 Å². The Morgan fingerprint density at radius 1 is 1.30 bits per heavy atom. The summed E-state index contributed by atoms with van der Waals surface area (Å²) in [6, 6.07) is 4.35. The molecule has 7 heteroatoms. The lowest BCUT2D eigenvalue weighted by molar-refractivity contribution is 0.502. The van der Waals surface area contributed by atoms with Crippen molar-refractivity contribution in [3.8, 4) is 10.6 Å². The molecule has 0 aromatic carbocycles.